The Morgan fingerprint density at radius 3 is 2.43 bits per heavy atom. The molecule has 1 aromatic rings. The van der Waals surface area contributed by atoms with Crippen LogP contribution in [0, 0.1) is 5.92 Å². The van der Waals surface area contributed by atoms with Crippen molar-refractivity contribution in [3.63, 3.8) is 0 Å². The number of hydrogen-bond acceptors (Lipinski definition) is 4. The first-order chi connectivity index (χ1) is 10.4. The van der Waals surface area contributed by atoms with Crippen LogP contribution in [0.3, 0.4) is 0 Å². The molecule has 0 radical (unpaired) electrons. The summed E-state index contributed by atoms with van der Waals surface area (Å²) in [5, 5.41) is 10.7. The first-order valence-corrected chi connectivity index (χ1v) is 8.31. The van der Waals surface area contributed by atoms with Crippen LogP contribution in [0.1, 0.15) is 65.6 Å². The minimum absolute atomic E-state index is 0. The molecule has 23 heavy (non-hydrogen) atoms. The summed E-state index contributed by atoms with van der Waals surface area (Å²) >= 11 is 0. The summed E-state index contributed by atoms with van der Waals surface area (Å²) in [4.78, 5) is 8.97. The van der Waals surface area contributed by atoms with E-state index in [1.807, 2.05) is 0 Å². The lowest BCUT2D eigenvalue weighted by atomic mass is 10.1. The highest BCUT2D eigenvalue weighted by Gasteiger charge is 2.10. The third-order valence-electron chi connectivity index (χ3n) is 3.53. The number of rotatable bonds is 8. The SMILES string of the molecule is CCNC(=NCCCc1nc(C(C)C)no1)NC(C)C(C)C.I. The van der Waals surface area contributed by atoms with Crippen molar-refractivity contribution in [1.82, 2.24) is 20.8 Å². The molecule has 1 rings (SSSR count). The zero-order chi connectivity index (χ0) is 16.5. The van der Waals surface area contributed by atoms with E-state index >= 15 is 0 Å². The summed E-state index contributed by atoms with van der Waals surface area (Å²) in [5.74, 6) is 3.22. The van der Waals surface area contributed by atoms with E-state index in [0.29, 0.717) is 23.8 Å². The predicted octanol–water partition coefficient (Wildman–Crippen LogP) is 3.34. The first kappa shape index (κ1) is 22.1. The van der Waals surface area contributed by atoms with Gasteiger partial charge in [0.15, 0.2) is 11.8 Å². The van der Waals surface area contributed by atoms with E-state index in [4.69, 9.17) is 4.52 Å². The molecular formula is C16H32IN5O. The first-order valence-electron chi connectivity index (χ1n) is 8.31. The van der Waals surface area contributed by atoms with Gasteiger partial charge in [0, 0.05) is 31.5 Å². The number of aromatic nitrogens is 2. The van der Waals surface area contributed by atoms with E-state index in [1.165, 1.54) is 0 Å². The lowest BCUT2D eigenvalue weighted by Crippen LogP contribution is -2.44. The highest BCUT2D eigenvalue weighted by atomic mass is 127. The van der Waals surface area contributed by atoms with Crippen molar-refractivity contribution in [2.24, 2.45) is 10.9 Å². The maximum Gasteiger partial charge on any atom is 0.226 e. The minimum Gasteiger partial charge on any atom is -0.357 e. The van der Waals surface area contributed by atoms with E-state index < -0.39 is 0 Å². The molecule has 0 saturated carbocycles. The lowest BCUT2D eigenvalue weighted by molar-refractivity contribution is 0.369. The molecule has 0 aliphatic rings. The van der Waals surface area contributed by atoms with E-state index in [9.17, 15) is 0 Å². The van der Waals surface area contributed by atoms with Crippen molar-refractivity contribution < 1.29 is 4.52 Å². The molecule has 1 unspecified atom stereocenters. The fourth-order valence-corrected chi connectivity index (χ4v) is 1.73. The van der Waals surface area contributed by atoms with Crippen LogP contribution in [0.2, 0.25) is 0 Å². The van der Waals surface area contributed by atoms with Crippen molar-refractivity contribution in [3.05, 3.63) is 11.7 Å². The fourth-order valence-electron chi connectivity index (χ4n) is 1.73. The second-order valence-corrected chi connectivity index (χ2v) is 6.24. The van der Waals surface area contributed by atoms with Gasteiger partial charge in [0.25, 0.3) is 0 Å². The van der Waals surface area contributed by atoms with Crippen LogP contribution < -0.4 is 10.6 Å². The molecule has 0 aliphatic carbocycles. The summed E-state index contributed by atoms with van der Waals surface area (Å²) in [6.07, 6.45) is 1.66. The van der Waals surface area contributed by atoms with E-state index in [0.717, 1.165) is 37.7 Å². The monoisotopic (exact) mass is 437 g/mol. The summed E-state index contributed by atoms with van der Waals surface area (Å²) in [5.41, 5.74) is 0. The predicted molar refractivity (Wildman–Crippen MR) is 106 cm³/mol. The van der Waals surface area contributed by atoms with Crippen molar-refractivity contribution >= 4 is 29.9 Å². The standard InChI is InChI=1S/C16H31N5O.HI/c1-7-17-16(19-13(6)11(2)3)18-10-8-9-14-20-15(12(4)5)21-22-14;/h11-13H,7-10H2,1-6H3,(H2,17,18,19);1H. The van der Waals surface area contributed by atoms with Gasteiger partial charge < -0.3 is 15.2 Å². The van der Waals surface area contributed by atoms with Gasteiger partial charge in [0.1, 0.15) is 0 Å². The van der Waals surface area contributed by atoms with Crippen molar-refractivity contribution in [2.75, 3.05) is 13.1 Å². The Balaban J connectivity index is 0.00000484. The van der Waals surface area contributed by atoms with Crippen LogP contribution in [0.25, 0.3) is 0 Å². The number of guanidine groups is 1. The molecule has 0 saturated heterocycles. The molecule has 6 nitrogen and oxygen atoms in total. The average molecular weight is 437 g/mol. The summed E-state index contributed by atoms with van der Waals surface area (Å²) < 4.78 is 5.24. The maximum atomic E-state index is 5.24. The van der Waals surface area contributed by atoms with Gasteiger partial charge in [0.05, 0.1) is 0 Å². The fraction of sp³-hybridized carbons (Fsp3) is 0.812. The molecular weight excluding hydrogens is 405 g/mol. The molecule has 2 N–H and O–H groups in total. The molecule has 1 aromatic heterocycles. The van der Waals surface area contributed by atoms with Crippen LogP contribution in [0.15, 0.2) is 9.52 Å². The van der Waals surface area contributed by atoms with Gasteiger partial charge in [-0.2, -0.15) is 4.98 Å². The Bertz CT molecular complexity index is 459. The zero-order valence-corrected chi connectivity index (χ0v) is 17.5. The number of aryl methyl sites for hydroxylation is 1. The topological polar surface area (TPSA) is 75.3 Å². The van der Waals surface area contributed by atoms with E-state index in [1.54, 1.807) is 0 Å². The maximum absolute atomic E-state index is 5.24. The number of nitrogens with one attached hydrogen (secondary N) is 2. The van der Waals surface area contributed by atoms with Gasteiger partial charge in [-0.05, 0) is 26.2 Å². The third kappa shape index (κ3) is 8.53. The molecule has 0 aromatic carbocycles. The van der Waals surface area contributed by atoms with Crippen LogP contribution in [0.5, 0.6) is 0 Å². The van der Waals surface area contributed by atoms with Crippen LogP contribution in [-0.4, -0.2) is 35.2 Å². The van der Waals surface area contributed by atoms with Gasteiger partial charge in [-0.3, -0.25) is 4.99 Å². The van der Waals surface area contributed by atoms with Crippen LogP contribution >= 0.6 is 24.0 Å². The van der Waals surface area contributed by atoms with Gasteiger partial charge >= 0.3 is 0 Å². The normalized spacial score (nSPS) is 13.1. The third-order valence-corrected chi connectivity index (χ3v) is 3.53. The Morgan fingerprint density at radius 2 is 1.91 bits per heavy atom. The number of aliphatic imine (C=N–C) groups is 1. The van der Waals surface area contributed by atoms with Gasteiger partial charge in [0.2, 0.25) is 5.89 Å². The smallest absolute Gasteiger partial charge is 0.226 e. The molecule has 1 atom stereocenters. The molecule has 0 amide bonds. The number of nitrogens with zero attached hydrogens (tertiary/aromatic N) is 3. The largest absolute Gasteiger partial charge is 0.357 e. The van der Waals surface area contributed by atoms with Gasteiger partial charge in [-0.1, -0.05) is 32.9 Å². The zero-order valence-electron chi connectivity index (χ0n) is 15.2. The molecule has 1 heterocycles. The molecule has 0 aliphatic heterocycles. The van der Waals surface area contributed by atoms with E-state index in [2.05, 4.69) is 67.3 Å². The second-order valence-electron chi connectivity index (χ2n) is 6.24. The average Bonchev–Trinajstić information content (AvgIpc) is 2.92. The molecule has 7 heteroatoms. The number of halogens is 1. The van der Waals surface area contributed by atoms with Gasteiger partial charge in [-0.15, -0.1) is 24.0 Å². The molecule has 0 bridgehead atoms. The Hall–Kier alpha value is -0.860. The van der Waals surface area contributed by atoms with Gasteiger partial charge in [-0.25, -0.2) is 0 Å². The Morgan fingerprint density at radius 1 is 1.22 bits per heavy atom. The van der Waals surface area contributed by atoms with Crippen molar-refractivity contribution in [3.8, 4) is 0 Å². The van der Waals surface area contributed by atoms with Crippen molar-refractivity contribution in [1.29, 1.82) is 0 Å². The number of hydrogen-bond donors (Lipinski definition) is 2. The molecule has 134 valence electrons. The lowest BCUT2D eigenvalue weighted by Gasteiger charge is -2.20. The highest BCUT2D eigenvalue weighted by molar-refractivity contribution is 14.0. The minimum atomic E-state index is 0. The van der Waals surface area contributed by atoms with Crippen LogP contribution in [-0.2, 0) is 6.42 Å². The molecule has 0 fully saturated rings. The summed E-state index contributed by atoms with van der Waals surface area (Å²) in [7, 11) is 0. The van der Waals surface area contributed by atoms with Crippen molar-refractivity contribution in [2.45, 2.75) is 66.3 Å². The molecule has 0 spiro atoms. The van der Waals surface area contributed by atoms with E-state index in [-0.39, 0.29) is 24.0 Å². The summed E-state index contributed by atoms with van der Waals surface area (Å²) in [6, 6.07) is 0.391. The quantitative estimate of drug-likeness (QED) is 0.282. The highest BCUT2D eigenvalue weighted by Crippen LogP contribution is 2.10. The van der Waals surface area contributed by atoms with Crippen LogP contribution in [0.4, 0.5) is 0 Å². The Labute approximate surface area is 157 Å². The Kier molecular flexibility index (Phi) is 11.2. The summed E-state index contributed by atoms with van der Waals surface area (Å²) in [6.45, 7) is 14.3. The second kappa shape index (κ2) is 11.6.